The molecule has 0 saturated carbocycles. The van der Waals surface area contributed by atoms with E-state index in [9.17, 15) is 14.7 Å². The Hall–Kier alpha value is -3.38. The number of hydrogen-bond donors (Lipinski definition) is 3. The van der Waals surface area contributed by atoms with Gasteiger partial charge in [-0.25, -0.2) is 0 Å². The molecule has 0 bridgehead atoms. The first-order chi connectivity index (χ1) is 15.5. The zero-order valence-electron chi connectivity index (χ0n) is 17.4. The van der Waals surface area contributed by atoms with Crippen molar-refractivity contribution in [3.05, 3.63) is 75.6 Å². The average Bonchev–Trinajstić information content (AvgIpc) is 2.78. The minimum atomic E-state index is -0.376. The molecule has 2 aromatic carbocycles. The standard InChI is InChI=1S/C25H22ClN3O3/c26-14-8-9-16-19(12-14)29-18-6-2-1-4-15(18)24(16)28-11-10-27-20-13-22(31)23-17(25(20)32)5-3-7-21(23)30/h3,5,7-9,12-13,27,30H,1-2,4,6,10-11H2,(H,28,29). The maximum absolute atomic E-state index is 12.7. The molecular formula is C25H22ClN3O3. The highest BCUT2D eigenvalue weighted by Gasteiger charge is 2.27. The van der Waals surface area contributed by atoms with Crippen molar-refractivity contribution in [2.24, 2.45) is 0 Å². The minimum absolute atomic E-state index is 0.0646. The molecule has 5 rings (SSSR count). The molecule has 0 unspecified atom stereocenters. The van der Waals surface area contributed by atoms with Crippen LogP contribution in [0, 0.1) is 0 Å². The first kappa shape index (κ1) is 20.5. The summed E-state index contributed by atoms with van der Waals surface area (Å²) in [7, 11) is 0. The topological polar surface area (TPSA) is 91.3 Å². The Labute approximate surface area is 190 Å². The molecule has 7 heteroatoms. The second-order valence-electron chi connectivity index (χ2n) is 8.09. The summed E-state index contributed by atoms with van der Waals surface area (Å²) in [6.07, 6.45) is 5.47. The van der Waals surface area contributed by atoms with E-state index in [1.165, 1.54) is 17.7 Å². The summed E-state index contributed by atoms with van der Waals surface area (Å²) >= 11 is 6.19. The zero-order chi connectivity index (χ0) is 22.2. The Bertz CT molecular complexity index is 1300. The Morgan fingerprint density at radius 2 is 1.84 bits per heavy atom. The van der Waals surface area contributed by atoms with Crippen LogP contribution in [-0.4, -0.2) is 34.7 Å². The number of pyridine rings is 1. The molecule has 0 radical (unpaired) electrons. The van der Waals surface area contributed by atoms with Crippen LogP contribution in [0.1, 0.15) is 44.8 Å². The van der Waals surface area contributed by atoms with Crippen LogP contribution in [-0.2, 0) is 12.8 Å². The van der Waals surface area contributed by atoms with Crippen molar-refractivity contribution in [2.75, 3.05) is 18.4 Å². The Morgan fingerprint density at radius 1 is 1.03 bits per heavy atom. The molecule has 162 valence electrons. The lowest BCUT2D eigenvalue weighted by atomic mass is 9.92. The lowest BCUT2D eigenvalue weighted by Gasteiger charge is -2.22. The number of halogens is 1. The second kappa shape index (κ2) is 8.28. The van der Waals surface area contributed by atoms with Gasteiger partial charge in [0.05, 0.1) is 16.8 Å². The lowest BCUT2D eigenvalue weighted by Crippen LogP contribution is -2.30. The molecule has 2 aliphatic carbocycles. The van der Waals surface area contributed by atoms with Gasteiger partial charge in [-0.1, -0.05) is 17.7 Å². The molecule has 2 aliphatic rings. The number of anilines is 1. The molecule has 0 amide bonds. The second-order valence-corrected chi connectivity index (χ2v) is 8.52. The van der Waals surface area contributed by atoms with E-state index in [1.54, 1.807) is 12.1 Å². The summed E-state index contributed by atoms with van der Waals surface area (Å²) in [6, 6.07) is 10.3. The SMILES string of the molecule is O=C1C(NCCNc2c3c(nc4cc(Cl)ccc24)CCCC3)=CC(=O)c2c(O)cccc21. The number of ketones is 2. The van der Waals surface area contributed by atoms with Gasteiger partial charge >= 0.3 is 0 Å². The van der Waals surface area contributed by atoms with Gasteiger partial charge < -0.3 is 15.7 Å². The van der Waals surface area contributed by atoms with Crippen LogP contribution in [0.25, 0.3) is 10.9 Å². The van der Waals surface area contributed by atoms with Crippen molar-refractivity contribution in [2.45, 2.75) is 25.7 Å². The van der Waals surface area contributed by atoms with Crippen LogP contribution in [0.2, 0.25) is 5.02 Å². The van der Waals surface area contributed by atoms with Crippen LogP contribution in [0.15, 0.2) is 48.2 Å². The number of rotatable bonds is 5. The summed E-state index contributed by atoms with van der Waals surface area (Å²) in [6.45, 7) is 1.01. The maximum Gasteiger partial charge on any atom is 0.209 e. The van der Waals surface area contributed by atoms with E-state index in [4.69, 9.17) is 16.6 Å². The number of nitrogens with zero attached hydrogens (tertiary/aromatic N) is 1. The monoisotopic (exact) mass is 447 g/mol. The smallest absolute Gasteiger partial charge is 0.209 e. The van der Waals surface area contributed by atoms with Crippen molar-refractivity contribution in [3.63, 3.8) is 0 Å². The summed E-state index contributed by atoms with van der Waals surface area (Å²) in [5, 5.41) is 18.2. The van der Waals surface area contributed by atoms with Crippen molar-refractivity contribution >= 4 is 39.8 Å². The molecule has 1 aromatic heterocycles. The van der Waals surface area contributed by atoms with Gasteiger partial charge in [0.15, 0.2) is 5.78 Å². The lowest BCUT2D eigenvalue weighted by molar-refractivity contribution is 0.0976. The number of carbonyl (C=O) groups is 2. The average molecular weight is 448 g/mol. The van der Waals surface area contributed by atoms with E-state index in [1.807, 2.05) is 18.2 Å². The number of aromatic hydroxyl groups is 1. The van der Waals surface area contributed by atoms with Gasteiger partial charge in [-0.15, -0.1) is 0 Å². The van der Waals surface area contributed by atoms with Gasteiger partial charge in [0.1, 0.15) is 5.75 Å². The largest absolute Gasteiger partial charge is 0.507 e. The highest BCUT2D eigenvalue weighted by molar-refractivity contribution is 6.31. The molecule has 3 N–H and O–H groups in total. The number of phenolic OH excluding ortho intramolecular Hbond substituents is 1. The fourth-order valence-electron chi connectivity index (χ4n) is 4.52. The van der Waals surface area contributed by atoms with Gasteiger partial charge in [0.2, 0.25) is 5.78 Å². The van der Waals surface area contributed by atoms with Gasteiger partial charge in [0.25, 0.3) is 0 Å². The molecule has 6 nitrogen and oxygen atoms in total. The summed E-state index contributed by atoms with van der Waals surface area (Å²) in [4.78, 5) is 30.0. The first-order valence-electron chi connectivity index (χ1n) is 10.7. The first-order valence-corrected chi connectivity index (χ1v) is 11.1. The minimum Gasteiger partial charge on any atom is -0.507 e. The maximum atomic E-state index is 12.7. The number of hydrogen-bond acceptors (Lipinski definition) is 6. The van der Waals surface area contributed by atoms with E-state index in [0.717, 1.165) is 48.0 Å². The third-order valence-corrected chi connectivity index (χ3v) is 6.26. The van der Waals surface area contributed by atoms with Gasteiger partial charge in [0, 0.05) is 46.5 Å². The van der Waals surface area contributed by atoms with Gasteiger partial charge in [-0.2, -0.15) is 0 Å². The number of allylic oxidation sites excluding steroid dienone is 2. The highest BCUT2D eigenvalue weighted by atomic mass is 35.5. The van der Waals surface area contributed by atoms with Crippen molar-refractivity contribution in [1.82, 2.24) is 10.3 Å². The molecule has 0 aliphatic heterocycles. The molecule has 3 aromatic rings. The van der Waals surface area contributed by atoms with Crippen LogP contribution in [0.3, 0.4) is 0 Å². The molecule has 0 spiro atoms. The van der Waals surface area contributed by atoms with Crippen molar-refractivity contribution in [1.29, 1.82) is 0 Å². The number of aromatic nitrogens is 1. The third-order valence-electron chi connectivity index (χ3n) is 6.02. The summed E-state index contributed by atoms with van der Waals surface area (Å²) in [5.41, 5.74) is 4.84. The quantitative estimate of drug-likeness (QED) is 0.501. The van der Waals surface area contributed by atoms with E-state index in [0.29, 0.717) is 18.1 Å². The van der Waals surface area contributed by atoms with E-state index >= 15 is 0 Å². The number of phenols is 1. The van der Waals surface area contributed by atoms with Crippen molar-refractivity contribution in [3.8, 4) is 5.75 Å². The van der Waals surface area contributed by atoms with Crippen LogP contribution in [0.4, 0.5) is 5.69 Å². The highest BCUT2D eigenvalue weighted by Crippen LogP contribution is 2.34. The van der Waals surface area contributed by atoms with E-state index in [-0.39, 0.29) is 34.1 Å². The number of Topliss-reactive ketones (excluding diaryl/α,β-unsaturated/α-hetero) is 1. The van der Waals surface area contributed by atoms with E-state index in [2.05, 4.69) is 10.6 Å². The number of benzene rings is 2. The Kier molecular flexibility index (Phi) is 5.31. The summed E-state index contributed by atoms with van der Waals surface area (Å²) in [5.74, 6) is -0.844. The Balaban J connectivity index is 1.34. The van der Waals surface area contributed by atoms with Gasteiger partial charge in [-0.05, 0) is 61.6 Å². The van der Waals surface area contributed by atoms with Crippen LogP contribution < -0.4 is 10.6 Å². The molecule has 0 fully saturated rings. The molecule has 0 atom stereocenters. The number of fused-ring (bicyclic) bond motifs is 3. The predicted molar refractivity (Wildman–Crippen MR) is 125 cm³/mol. The molecule has 1 heterocycles. The zero-order valence-corrected chi connectivity index (χ0v) is 18.1. The van der Waals surface area contributed by atoms with Crippen LogP contribution in [0.5, 0.6) is 5.75 Å². The fraction of sp³-hybridized carbons (Fsp3) is 0.240. The number of carbonyl (C=O) groups excluding carboxylic acids is 2. The molecular weight excluding hydrogens is 426 g/mol. The fourth-order valence-corrected chi connectivity index (χ4v) is 4.69. The van der Waals surface area contributed by atoms with Gasteiger partial charge in [-0.3, -0.25) is 14.6 Å². The van der Waals surface area contributed by atoms with E-state index < -0.39 is 0 Å². The number of nitrogens with one attached hydrogen (secondary N) is 2. The predicted octanol–water partition coefficient (Wildman–Crippen LogP) is 4.44. The Morgan fingerprint density at radius 3 is 2.72 bits per heavy atom. The third kappa shape index (κ3) is 3.60. The van der Waals surface area contributed by atoms with Crippen LogP contribution >= 0.6 is 11.6 Å². The summed E-state index contributed by atoms with van der Waals surface area (Å²) < 4.78 is 0. The molecule has 0 saturated heterocycles. The normalized spacial score (nSPS) is 15.2. The number of aryl methyl sites for hydroxylation is 1. The van der Waals surface area contributed by atoms with Crippen molar-refractivity contribution < 1.29 is 14.7 Å². The molecule has 32 heavy (non-hydrogen) atoms.